The quantitative estimate of drug-likeness (QED) is 0.518. The van der Waals surface area contributed by atoms with E-state index >= 15 is 0 Å². The number of ether oxygens (including phenoxy) is 1. The fourth-order valence-electron chi connectivity index (χ4n) is 1.82. The minimum atomic E-state index is -0.645. The summed E-state index contributed by atoms with van der Waals surface area (Å²) in [7, 11) is 0. The van der Waals surface area contributed by atoms with Gasteiger partial charge in [-0.25, -0.2) is 9.18 Å². The molecule has 2 aromatic carbocycles. The van der Waals surface area contributed by atoms with Gasteiger partial charge >= 0.3 is 5.97 Å². The zero-order valence-corrected chi connectivity index (χ0v) is 11.7. The number of benzene rings is 2. The summed E-state index contributed by atoms with van der Waals surface area (Å²) >= 11 is 0. The van der Waals surface area contributed by atoms with Crippen molar-refractivity contribution in [3.8, 4) is 0 Å². The van der Waals surface area contributed by atoms with Crippen LogP contribution in [0.3, 0.4) is 0 Å². The minimum absolute atomic E-state index is 0.0701. The smallest absolute Gasteiger partial charge is 0.338 e. The Hall–Kier alpha value is -2.96. The topological polar surface area (TPSA) is 81.5 Å². The van der Waals surface area contributed by atoms with Crippen LogP contribution in [0.1, 0.15) is 17.3 Å². The molecule has 0 spiro atoms. The molecule has 0 aliphatic rings. The Bertz CT molecular complexity index is 701. The maximum absolute atomic E-state index is 12.9. The van der Waals surface area contributed by atoms with Crippen LogP contribution in [0.4, 0.5) is 21.5 Å². The van der Waals surface area contributed by atoms with Gasteiger partial charge in [-0.05, 0) is 37.3 Å². The molecule has 0 saturated heterocycles. The Kier molecular flexibility index (Phi) is 4.67. The molecule has 0 radical (unpaired) electrons. The lowest BCUT2D eigenvalue weighted by molar-refractivity contribution is -0.384. The first-order valence-electron chi connectivity index (χ1n) is 6.49. The molecule has 0 aliphatic heterocycles. The summed E-state index contributed by atoms with van der Waals surface area (Å²) in [5.41, 5.74) is 0.705. The number of carbonyl (C=O) groups excluding carboxylic acids is 1. The summed E-state index contributed by atoms with van der Waals surface area (Å²) in [5.74, 6) is -1.04. The lowest BCUT2D eigenvalue weighted by Crippen LogP contribution is -2.06. The van der Waals surface area contributed by atoms with Crippen molar-refractivity contribution in [1.29, 1.82) is 0 Å². The van der Waals surface area contributed by atoms with Gasteiger partial charge in [-0.3, -0.25) is 10.1 Å². The SMILES string of the molecule is CCOC(=O)c1cc(Nc2ccc(F)cc2)cc([N+](=O)[O-])c1. The second-order valence-electron chi connectivity index (χ2n) is 4.38. The number of nitro benzene ring substituents is 1. The van der Waals surface area contributed by atoms with Gasteiger partial charge in [0.2, 0.25) is 0 Å². The van der Waals surface area contributed by atoms with Gasteiger partial charge in [0.1, 0.15) is 5.82 Å². The zero-order valence-electron chi connectivity index (χ0n) is 11.7. The molecule has 2 rings (SSSR count). The molecule has 0 heterocycles. The molecule has 6 nitrogen and oxygen atoms in total. The molecular formula is C15H13FN2O4. The highest BCUT2D eigenvalue weighted by molar-refractivity contribution is 5.91. The zero-order chi connectivity index (χ0) is 16.1. The number of nitrogens with one attached hydrogen (secondary N) is 1. The van der Waals surface area contributed by atoms with Gasteiger partial charge in [-0.1, -0.05) is 0 Å². The highest BCUT2D eigenvalue weighted by Gasteiger charge is 2.15. The molecule has 114 valence electrons. The molecule has 0 amide bonds. The fraction of sp³-hybridized carbons (Fsp3) is 0.133. The van der Waals surface area contributed by atoms with Gasteiger partial charge in [0.05, 0.1) is 17.1 Å². The normalized spacial score (nSPS) is 10.1. The first kappa shape index (κ1) is 15.4. The molecule has 0 saturated carbocycles. The number of carbonyl (C=O) groups is 1. The molecule has 0 unspecified atom stereocenters. The van der Waals surface area contributed by atoms with Gasteiger partial charge in [-0.2, -0.15) is 0 Å². The van der Waals surface area contributed by atoms with Crippen molar-refractivity contribution in [3.05, 3.63) is 64.0 Å². The van der Waals surface area contributed by atoms with Crippen molar-refractivity contribution < 1.29 is 18.8 Å². The van der Waals surface area contributed by atoms with E-state index in [1.165, 1.54) is 36.4 Å². The number of anilines is 2. The molecule has 7 heteroatoms. The van der Waals surface area contributed by atoms with Crippen LogP contribution >= 0.6 is 0 Å². The van der Waals surface area contributed by atoms with Crippen LogP contribution < -0.4 is 5.32 Å². The third kappa shape index (κ3) is 3.78. The number of hydrogen-bond acceptors (Lipinski definition) is 5. The summed E-state index contributed by atoms with van der Waals surface area (Å²) in [4.78, 5) is 22.1. The van der Waals surface area contributed by atoms with E-state index in [4.69, 9.17) is 4.74 Å². The Morgan fingerprint density at radius 2 is 1.91 bits per heavy atom. The predicted octanol–water partition coefficient (Wildman–Crippen LogP) is 3.65. The van der Waals surface area contributed by atoms with Crippen molar-refractivity contribution in [2.45, 2.75) is 6.92 Å². The maximum Gasteiger partial charge on any atom is 0.338 e. The summed E-state index contributed by atoms with van der Waals surface area (Å²) in [5, 5.41) is 13.8. The monoisotopic (exact) mass is 304 g/mol. The third-order valence-electron chi connectivity index (χ3n) is 2.77. The number of rotatable bonds is 5. The molecule has 0 atom stereocenters. The van der Waals surface area contributed by atoms with Gasteiger partial charge < -0.3 is 10.1 Å². The van der Waals surface area contributed by atoms with Crippen LogP contribution in [0.15, 0.2) is 42.5 Å². The fourth-order valence-corrected chi connectivity index (χ4v) is 1.82. The second-order valence-corrected chi connectivity index (χ2v) is 4.38. The van der Waals surface area contributed by atoms with E-state index in [-0.39, 0.29) is 17.9 Å². The Morgan fingerprint density at radius 1 is 1.23 bits per heavy atom. The van der Waals surface area contributed by atoms with Gasteiger partial charge in [0.25, 0.3) is 5.69 Å². The summed E-state index contributed by atoms with van der Waals surface area (Å²) in [6.07, 6.45) is 0. The number of hydrogen-bond donors (Lipinski definition) is 1. The first-order chi connectivity index (χ1) is 10.5. The second kappa shape index (κ2) is 6.66. The predicted molar refractivity (Wildman–Crippen MR) is 78.7 cm³/mol. The van der Waals surface area contributed by atoms with Gasteiger partial charge in [0, 0.05) is 23.5 Å². The average molecular weight is 304 g/mol. The standard InChI is InChI=1S/C15H13FN2O4/c1-2-22-15(19)10-7-13(9-14(8-10)18(20)21)17-12-5-3-11(16)4-6-12/h3-9,17H,2H2,1H3. The van der Waals surface area contributed by atoms with Crippen LogP contribution in [0, 0.1) is 15.9 Å². The Balaban J connectivity index is 2.35. The van der Waals surface area contributed by atoms with Crippen molar-refractivity contribution in [1.82, 2.24) is 0 Å². The van der Waals surface area contributed by atoms with Crippen LogP contribution in [-0.2, 0) is 4.74 Å². The highest BCUT2D eigenvalue weighted by Crippen LogP contribution is 2.24. The molecule has 0 fully saturated rings. The first-order valence-corrected chi connectivity index (χ1v) is 6.49. The molecule has 22 heavy (non-hydrogen) atoms. The number of halogens is 1. The van der Waals surface area contributed by atoms with Gasteiger partial charge in [-0.15, -0.1) is 0 Å². The van der Waals surface area contributed by atoms with Crippen molar-refractivity contribution >= 4 is 23.0 Å². The van der Waals surface area contributed by atoms with Gasteiger partial charge in [0.15, 0.2) is 0 Å². The lowest BCUT2D eigenvalue weighted by Gasteiger charge is -2.08. The maximum atomic E-state index is 12.9. The number of nitrogens with zero attached hydrogens (tertiary/aromatic N) is 1. The largest absolute Gasteiger partial charge is 0.462 e. The molecule has 2 aromatic rings. The Morgan fingerprint density at radius 3 is 2.50 bits per heavy atom. The van der Waals surface area contributed by atoms with E-state index in [1.54, 1.807) is 6.92 Å². The van der Waals surface area contributed by atoms with E-state index in [9.17, 15) is 19.3 Å². The summed E-state index contributed by atoms with van der Waals surface area (Å²) in [6.45, 7) is 1.81. The molecule has 1 N–H and O–H groups in total. The molecule has 0 aliphatic carbocycles. The van der Waals surface area contributed by atoms with Crippen LogP contribution in [-0.4, -0.2) is 17.5 Å². The van der Waals surface area contributed by atoms with Crippen LogP contribution in [0.2, 0.25) is 0 Å². The third-order valence-corrected chi connectivity index (χ3v) is 2.77. The lowest BCUT2D eigenvalue weighted by atomic mass is 10.1. The minimum Gasteiger partial charge on any atom is -0.462 e. The Labute approximate surface area is 125 Å². The number of esters is 1. The van der Waals surface area contributed by atoms with Crippen molar-refractivity contribution in [3.63, 3.8) is 0 Å². The molecule has 0 aromatic heterocycles. The van der Waals surface area contributed by atoms with Crippen LogP contribution in [0.25, 0.3) is 0 Å². The molecular weight excluding hydrogens is 291 g/mol. The van der Waals surface area contributed by atoms with E-state index in [2.05, 4.69) is 5.32 Å². The van der Waals surface area contributed by atoms with E-state index in [0.717, 1.165) is 6.07 Å². The summed E-state index contributed by atoms with van der Waals surface area (Å²) < 4.78 is 17.7. The molecule has 0 bridgehead atoms. The van der Waals surface area contributed by atoms with Crippen LogP contribution in [0.5, 0.6) is 0 Å². The van der Waals surface area contributed by atoms with Crippen molar-refractivity contribution in [2.75, 3.05) is 11.9 Å². The number of non-ortho nitro benzene ring substituents is 1. The van der Waals surface area contributed by atoms with E-state index in [0.29, 0.717) is 11.4 Å². The average Bonchev–Trinajstić information content (AvgIpc) is 2.49. The van der Waals surface area contributed by atoms with E-state index < -0.39 is 16.7 Å². The van der Waals surface area contributed by atoms with Crippen molar-refractivity contribution in [2.24, 2.45) is 0 Å². The van der Waals surface area contributed by atoms with E-state index in [1.807, 2.05) is 0 Å². The highest BCUT2D eigenvalue weighted by atomic mass is 19.1. The summed E-state index contributed by atoms with van der Waals surface area (Å²) in [6, 6.07) is 9.35. The number of nitro groups is 1.